The Morgan fingerprint density at radius 1 is 1.11 bits per heavy atom. The summed E-state index contributed by atoms with van der Waals surface area (Å²) in [6.45, 7) is 11.7. The van der Waals surface area contributed by atoms with E-state index in [2.05, 4.69) is 41.4 Å². The highest BCUT2D eigenvalue weighted by Crippen LogP contribution is 2.26. The van der Waals surface area contributed by atoms with Crippen molar-refractivity contribution in [1.82, 2.24) is 9.97 Å². The van der Waals surface area contributed by atoms with Crippen LogP contribution in [0.5, 0.6) is 0 Å². The van der Waals surface area contributed by atoms with Crippen molar-refractivity contribution in [3.63, 3.8) is 0 Å². The maximum Gasteiger partial charge on any atom is 0.138 e. The van der Waals surface area contributed by atoms with Crippen LogP contribution in [-0.4, -0.2) is 34.8 Å². The van der Waals surface area contributed by atoms with Crippen molar-refractivity contribution in [2.24, 2.45) is 0 Å². The Labute approximate surface area is 109 Å². The van der Waals surface area contributed by atoms with E-state index >= 15 is 0 Å². The molecule has 1 aromatic rings. The van der Waals surface area contributed by atoms with Gasteiger partial charge in [-0.3, -0.25) is 0 Å². The van der Waals surface area contributed by atoms with Crippen molar-refractivity contribution in [3.05, 3.63) is 11.4 Å². The number of aromatic nitrogens is 2. The van der Waals surface area contributed by atoms with Gasteiger partial charge in [0.05, 0.1) is 6.61 Å². The molecular weight excluding hydrogens is 228 g/mol. The number of nitrogens with zero attached hydrogens (tertiary/aromatic N) is 2. The Balaban J connectivity index is 3.18. The summed E-state index contributed by atoms with van der Waals surface area (Å²) in [5, 5.41) is 15.3. The highest BCUT2D eigenvalue weighted by atomic mass is 16.3. The number of nitrogens with one attached hydrogen (secondary N) is 2. The van der Waals surface area contributed by atoms with Gasteiger partial charge in [-0.2, -0.15) is 0 Å². The Morgan fingerprint density at radius 3 is 2.11 bits per heavy atom. The molecule has 0 bridgehead atoms. The van der Waals surface area contributed by atoms with Crippen molar-refractivity contribution in [3.8, 4) is 0 Å². The third-order valence-electron chi connectivity index (χ3n) is 2.57. The van der Waals surface area contributed by atoms with Crippen molar-refractivity contribution in [2.75, 3.05) is 30.3 Å². The molecule has 5 heteroatoms. The van der Waals surface area contributed by atoms with Crippen molar-refractivity contribution >= 4 is 11.6 Å². The van der Waals surface area contributed by atoms with Gasteiger partial charge in [-0.25, -0.2) is 9.97 Å². The summed E-state index contributed by atoms with van der Waals surface area (Å²) >= 11 is 0. The average Bonchev–Trinajstić information content (AvgIpc) is 2.29. The molecule has 0 unspecified atom stereocenters. The molecule has 0 aliphatic rings. The maximum atomic E-state index is 8.90. The molecule has 5 nitrogen and oxygen atoms in total. The fraction of sp³-hybridized carbons (Fsp3) is 0.692. The third-order valence-corrected chi connectivity index (χ3v) is 2.57. The third kappa shape index (κ3) is 3.57. The van der Waals surface area contributed by atoms with Crippen LogP contribution >= 0.6 is 0 Å². The molecule has 0 aromatic carbocycles. The van der Waals surface area contributed by atoms with Gasteiger partial charge in [0.15, 0.2) is 0 Å². The lowest BCUT2D eigenvalue weighted by Crippen LogP contribution is -2.20. The number of hydrogen-bond donors (Lipinski definition) is 3. The quantitative estimate of drug-likeness (QED) is 0.747. The maximum absolute atomic E-state index is 8.90. The van der Waals surface area contributed by atoms with E-state index in [1.807, 2.05) is 13.8 Å². The van der Waals surface area contributed by atoms with E-state index in [0.29, 0.717) is 6.54 Å². The highest BCUT2D eigenvalue weighted by Gasteiger charge is 2.20. The fourth-order valence-electron chi connectivity index (χ4n) is 1.54. The predicted molar refractivity (Wildman–Crippen MR) is 75.2 cm³/mol. The van der Waals surface area contributed by atoms with E-state index < -0.39 is 0 Å². The van der Waals surface area contributed by atoms with E-state index in [-0.39, 0.29) is 12.0 Å². The second-order valence-electron chi connectivity index (χ2n) is 5.30. The molecule has 0 aliphatic carbocycles. The fourth-order valence-corrected chi connectivity index (χ4v) is 1.54. The Bertz CT molecular complexity index is 399. The van der Waals surface area contributed by atoms with Crippen LogP contribution in [0.25, 0.3) is 0 Å². The zero-order valence-electron chi connectivity index (χ0n) is 12.0. The highest BCUT2D eigenvalue weighted by molar-refractivity contribution is 5.57. The van der Waals surface area contributed by atoms with E-state index in [1.165, 1.54) is 0 Å². The van der Waals surface area contributed by atoms with Crippen molar-refractivity contribution in [2.45, 2.75) is 40.0 Å². The first-order valence-corrected chi connectivity index (χ1v) is 6.37. The predicted octanol–water partition coefficient (Wildman–Crippen LogP) is 1.92. The minimum atomic E-state index is -0.104. The Morgan fingerprint density at radius 2 is 1.67 bits per heavy atom. The molecule has 1 heterocycles. The molecule has 1 aromatic heterocycles. The summed E-state index contributed by atoms with van der Waals surface area (Å²) in [6.07, 6.45) is 0. The van der Waals surface area contributed by atoms with Crippen LogP contribution in [0.3, 0.4) is 0 Å². The molecule has 0 radical (unpaired) electrons. The monoisotopic (exact) mass is 252 g/mol. The normalized spacial score (nSPS) is 11.4. The summed E-state index contributed by atoms with van der Waals surface area (Å²) in [6, 6.07) is 0. The zero-order valence-corrected chi connectivity index (χ0v) is 12.0. The molecule has 0 amide bonds. The first kappa shape index (κ1) is 14.7. The molecule has 1 rings (SSSR count). The number of aliphatic hydroxyl groups excluding tert-OH is 1. The number of hydrogen-bond acceptors (Lipinski definition) is 5. The molecule has 0 aliphatic heterocycles. The van der Waals surface area contributed by atoms with Gasteiger partial charge >= 0.3 is 0 Å². The summed E-state index contributed by atoms with van der Waals surface area (Å²) in [7, 11) is 0. The second kappa shape index (κ2) is 6.00. The lowest BCUT2D eigenvalue weighted by atomic mass is 9.95. The minimum Gasteiger partial charge on any atom is -0.395 e. The van der Waals surface area contributed by atoms with Gasteiger partial charge in [0.2, 0.25) is 0 Å². The van der Waals surface area contributed by atoms with E-state index in [9.17, 15) is 0 Å². The molecule has 0 atom stereocenters. The summed E-state index contributed by atoms with van der Waals surface area (Å²) in [4.78, 5) is 9.13. The number of rotatable bonds is 5. The molecule has 0 fully saturated rings. The molecule has 102 valence electrons. The summed E-state index contributed by atoms with van der Waals surface area (Å²) in [5.74, 6) is 2.45. The minimum absolute atomic E-state index is 0.0881. The van der Waals surface area contributed by atoms with E-state index in [0.717, 1.165) is 29.6 Å². The number of anilines is 2. The summed E-state index contributed by atoms with van der Waals surface area (Å²) < 4.78 is 0. The lowest BCUT2D eigenvalue weighted by molar-refractivity contribution is 0.311. The van der Waals surface area contributed by atoms with Crippen LogP contribution in [0.15, 0.2) is 0 Å². The van der Waals surface area contributed by atoms with Crippen LogP contribution in [0.2, 0.25) is 0 Å². The van der Waals surface area contributed by atoms with Gasteiger partial charge in [0.1, 0.15) is 17.5 Å². The van der Waals surface area contributed by atoms with Crippen LogP contribution < -0.4 is 10.6 Å². The zero-order chi connectivity index (χ0) is 13.8. The molecule has 3 N–H and O–H groups in total. The number of aliphatic hydroxyl groups is 1. The Kier molecular flexibility index (Phi) is 4.90. The topological polar surface area (TPSA) is 70.1 Å². The first-order valence-electron chi connectivity index (χ1n) is 6.37. The lowest BCUT2D eigenvalue weighted by Gasteiger charge is -2.21. The van der Waals surface area contributed by atoms with E-state index in [1.54, 1.807) is 0 Å². The molecule has 0 spiro atoms. The standard InChI is InChI=1S/C13H24N4O/c1-6-14-10-9(2)11(15-7-8-18)17-12(16-10)13(3,4)5/h18H,6-8H2,1-5H3,(H2,14,15,16,17). The molecule has 18 heavy (non-hydrogen) atoms. The van der Waals surface area contributed by atoms with Crippen molar-refractivity contribution in [1.29, 1.82) is 0 Å². The average molecular weight is 252 g/mol. The smallest absolute Gasteiger partial charge is 0.138 e. The van der Waals surface area contributed by atoms with Gasteiger partial charge in [0.25, 0.3) is 0 Å². The largest absolute Gasteiger partial charge is 0.395 e. The Hall–Kier alpha value is -1.36. The van der Waals surface area contributed by atoms with Crippen molar-refractivity contribution < 1.29 is 5.11 Å². The summed E-state index contributed by atoms with van der Waals surface area (Å²) in [5.41, 5.74) is 0.881. The SMILES string of the molecule is CCNc1nc(C(C)(C)C)nc(NCCO)c1C. The van der Waals surface area contributed by atoms with Gasteiger partial charge in [-0.15, -0.1) is 0 Å². The van der Waals surface area contributed by atoms with Gasteiger partial charge in [-0.05, 0) is 13.8 Å². The van der Waals surface area contributed by atoms with Crippen LogP contribution in [0.4, 0.5) is 11.6 Å². The van der Waals surface area contributed by atoms with Gasteiger partial charge < -0.3 is 15.7 Å². The first-order chi connectivity index (χ1) is 8.40. The van der Waals surface area contributed by atoms with E-state index in [4.69, 9.17) is 5.11 Å². The molecule has 0 saturated heterocycles. The van der Waals surface area contributed by atoms with Crippen LogP contribution in [0.1, 0.15) is 39.1 Å². The van der Waals surface area contributed by atoms with Gasteiger partial charge in [0, 0.05) is 24.1 Å². The van der Waals surface area contributed by atoms with Gasteiger partial charge in [-0.1, -0.05) is 20.8 Å². The molecular formula is C13H24N4O. The van der Waals surface area contributed by atoms with Crippen LogP contribution in [-0.2, 0) is 5.41 Å². The molecule has 0 saturated carbocycles. The second-order valence-corrected chi connectivity index (χ2v) is 5.30. The van der Waals surface area contributed by atoms with Crippen LogP contribution in [0, 0.1) is 6.92 Å².